The number of likely N-dealkylation sites (N-methyl/N-ethyl adjacent to an activating group) is 1. The van der Waals surface area contributed by atoms with Crippen molar-refractivity contribution in [2.75, 3.05) is 26.2 Å². The lowest BCUT2D eigenvalue weighted by Gasteiger charge is -2.33. The van der Waals surface area contributed by atoms with Gasteiger partial charge in [0.05, 0.1) is 18.1 Å². The van der Waals surface area contributed by atoms with Gasteiger partial charge in [-0.15, -0.1) is 0 Å². The van der Waals surface area contributed by atoms with Gasteiger partial charge >= 0.3 is 30.9 Å². The van der Waals surface area contributed by atoms with E-state index in [1.165, 1.54) is 17.0 Å². The van der Waals surface area contributed by atoms with Gasteiger partial charge in [-0.2, -0.15) is 0 Å². The zero-order chi connectivity index (χ0) is 24.3. The predicted molar refractivity (Wildman–Crippen MR) is 111 cm³/mol. The lowest BCUT2D eigenvalue weighted by Crippen LogP contribution is -2.62. The van der Waals surface area contributed by atoms with E-state index in [2.05, 4.69) is 10.6 Å². The Morgan fingerprint density at radius 1 is 1.24 bits per heavy atom. The Balaban J connectivity index is 1.65. The molecule has 0 unspecified atom stereocenters. The minimum atomic E-state index is -1.58. The van der Waals surface area contributed by atoms with Gasteiger partial charge in [0.15, 0.2) is 0 Å². The summed E-state index contributed by atoms with van der Waals surface area (Å²) in [5.74, 6) is -5.01. The van der Waals surface area contributed by atoms with Crippen LogP contribution in [-0.4, -0.2) is 100 Å². The molecule has 0 bridgehead atoms. The van der Waals surface area contributed by atoms with E-state index in [-0.39, 0.29) is 30.8 Å². The molecule has 2 aliphatic rings. The molecule has 5 N–H and O–H groups in total. The van der Waals surface area contributed by atoms with Crippen LogP contribution in [-0.2, 0) is 20.8 Å². The fourth-order valence-electron chi connectivity index (χ4n) is 3.59. The number of imide groups is 1. The summed E-state index contributed by atoms with van der Waals surface area (Å²) >= 11 is 0. The van der Waals surface area contributed by atoms with Gasteiger partial charge in [-0.25, -0.2) is 9.59 Å². The first-order valence-electron chi connectivity index (χ1n) is 10.2. The number of amides is 5. The number of piperazine rings is 1. The van der Waals surface area contributed by atoms with E-state index in [4.69, 9.17) is 4.65 Å². The molecule has 176 valence electrons. The Morgan fingerprint density at radius 2 is 1.97 bits per heavy atom. The third kappa shape index (κ3) is 4.91. The van der Waals surface area contributed by atoms with E-state index >= 15 is 0 Å². The van der Waals surface area contributed by atoms with E-state index in [0.29, 0.717) is 17.0 Å². The van der Waals surface area contributed by atoms with Crippen LogP contribution in [0.15, 0.2) is 18.2 Å². The normalized spacial score (nSPS) is 18.9. The summed E-state index contributed by atoms with van der Waals surface area (Å²) in [7, 11) is -1.58. The molecule has 2 heterocycles. The fraction of sp³-hybridized carbons (Fsp3) is 0.421. The second kappa shape index (κ2) is 9.87. The maximum atomic E-state index is 12.6. The second-order valence-electron chi connectivity index (χ2n) is 7.45. The first-order valence-corrected chi connectivity index (χ1v) is 10.2. The second-order valence-corrected chi connectivity index (χ2v) is 7.45. The number of nitrogens with one attached hydrogen (secondary N) is 2. The Labute approximate surface area is 188 Å². The highest BCUT2D eigenvalue weighted by Gasteiger charge is 2.40. The highest BCUT2D eigenvalue weighted by atomic mass is 16.5. The minimum absolute atomic E-state index is 0.00980. The van der Waals surface area contributed by atoms with Gasteiger partial charge in [-0.1, -0.05) is 12.1 Å². The largest absolute Gasteiger partial charge is 0.547 e. The first kappa shape index (κ1) is 24.0. The van der Waals surface area contributed by atoms with Crippen molar-refractivity contribution in [3.05, 3.63) is 29.3 Å². The van der Waals surface area contributed by atoms with Crippen molar-refractivity contribution in [2.24, 2.45) is 0 Å². The number of aromatic carboxylic acids is 1. The summed E-state index contributed by atoms with van der Waals surface area (Å²) in [5, 5.41) is 33.7. The monoisotopic (exact) mass is 462 g/mol. The number of carbonyl (C=O) groups is 5. The Morgan fingerprint density at radius 3 is 2.61 bits per heavy atom. The molecule has 1 aromatic carbocycles. The van der Waals surface area contributed by atoms with Gasteiger partial charge in [-0.3, -0.25) is 19.3 Å². The number of fused-ring (bicyclic) bond motifs is 1. The Hall–Kier alpha value is -3.65. The number of carbonyl (C=O) groups excluding carboxylic acids is 4. The number of rotatable bonds is 6. The van der Waals surface area contributed by atoms with Crippen molar-refractivity contribution in [1.29, 1.82) is 0 Å². The van der Waals surface area contributed by atoms with E-state index in [1.54, 1.807) is 13.0 Å². The highest BCUT2D eigenvalue weighted by molar-refractivity contribution is 6.47. The number of hydrogen-bond acceptors (Lipinski definition) is 8. The van der Waals surface area contributed by atoms with E-state index in [9.17, 15) is 39.2 Å². The molecular weight excluding hydrogens is 439 g/mol. The van der Waals surface area contributed by atoms with Crippen LogP contribution in [0.4, 0.5) is 4.79 Å². The Kier molecular flexibility index (Phi) is 7.18. The van der Waals surface area contributed by atoms with Gasteiger partial charge in [0.1, 0.15) is 11.8 Å². The molecule has 0 saturated carbocycles. The Bertz CT molecular complexity index is 988. The number of aliphatic hydroxyl groups is 1. The van der Waals surface area contributed by atoms with Crippen LogP contribution in [0, 0.1) is 0 Å². The van der Waals surface area contributed by atoms with Crippen molar-refractivity contribution < 1.29 is 43.9 Å². The number of hydrogen-bond donors (Lipinski definition) is 5. The molecule has 0 radical (unpaired) electrons. The molecule has 1 saturated heterocycles. The molecule has 0 aromatic heterocycles. The topological polar surface area (TPSA) is 186 Å². The summed E-state index contributed by atoms with van der Waals surface area (Å²) in [5.41, 5.74) is 0.298. The molecule has 1 fully saturated rings. The van der Waals surface area contributed by atoms with E-state index in [1.807, 2.05) is 0 Å². The van der Waals surface area contributed by atoms with Crippen molar-refractivity contribution in [3.63, 3.8) is 0 Å². The van der Waals surface area contributed by atoms with E-state index in [0.717, 1.165) is 0 Å². The van der Waals surface area contributed by atoms with Crippen LogP contribution < -0.4 is 15.3 Å². The quantitative estimate of drug-likeness (QED) is 0.227. The average molecular weight is 462 g/mol. The van der Waals surface area contributed by atoms with Gasteiger partial charge in [0.2, 0.25) is 5.91 Å². The summed E-state index contributed by atoms with van der Waals surface area (Å²) in [6.07, 6.45) is 0.0292. The van der Waals surface area contributed by atoms with Gasteiger partial charge < -0.3 is 35.4 Å². The molecule has 1 aromatic rings. The van der Waals surface area contributed by atoms with Crippen molar-refractivity contribution in [1.82, 2.24) is 20.4 Å². The van der Waals surface area contributed by atoms with E-state index < -0.39 is 55.4 Å². The lowest BCUT2D eigenvalue weighted by molar-refractivity contribution is -0.153. The zero-order valence-corrected chi connectivity index (χ0v) is 17.7. The molecule has 5 amide bonds. The molecule has 14 heteroatoms. The van der Waals surface area contributed by atoms with Crippen LogP contribution in [0.1, 0.15) is 22.8 Å². The summed E-state index contributed by atoms with van der Waals surface area (Å²) in [4.78, 5) is 62.4. The van der Waals surface area contributed by atoms with Crippen molar-refractivity contribution >= 4 is 36.8 Å². The smallest absolute Gasteiger partial charge is 0.534 e. The maximum Gasteiger partial charge on any atom is 0.547 e. The molecule has 13 nitrogen and oxygen atoms in total. The number of benzene rings is 1. The summed E-state index contributed by atoms with van der Waals surface area (Å²) < 4.78 is 5.29. The average Bonchev–Trinajstić information content (AvgIpc) is 2.78. The fourth-order valence-corrected chi connectivity index (χ4v) is 3.59. The van der Waals surface area contributed by atoms with Crippen LogP contribution in [0.3, 0.4) is 0 Å². The van der Waals surface area contributed by atoms with Crippen molar-refractivity contribution in [3.8, 4) is 5.75 Å². The van der Waals surface area contributed by atoms with Gasteiger partial charge in [0.25, 0.3) is 0 Å². The zero-order valence-electron chi connectivity index (χ0n) is 17.7. The van der Waals surface area contributed by atoms with Gasteiger partial charge in [-0.05, 0) is 25.0 Å². The molecule has 2 atom stereocenters. The van der Waals surface area contributed by atoms with Crippen LogP contribution in [0.2, 0.25) is 0 Å². The van der Waals surface area contributed by atoms with Crippen LogP contribution >= 0.6 is 0 Å². The number of carboxylic acids is 1. The molecule has 2 aliphatic heterocycles. The predicted octanol–water partition coefficient (Wildman–Crippen LogP) is -2.41. The number of para-hydroxylation sites is 1. The molecular formula is C19H23BN4O9. The van der Waals surface area contributed by atoms with Gasteiger partial charge in [0, 0.05) is 19.6 Å². The molecule has 0 spiro atoms. The maximum absolute atomic E-state index is 12.6. The highest BCUT2D eigenvalue weighted by Crippen LogP contribution is 2.30. The third-order valence-electron chi connectivity index (χ3n) is 5.41. The summed E-state index contributed by atoms with van der Waals surface area (Å²) in [6, 6.07) is 1.89. The SMILES string of the molecule is CCN1CCN(C(=O)N[C@@H](CO)C(=O)N[C@H]2Cc3cccc(C(=O)O)c3OB2O)C(=O)C1=O. The number of aliphatic hydroxyl groups excluding tert-OH is 1. The number of urea groups is 1. The molecule has 3 rings (SSSR count). The van der Waals surface area contributed by atoms with Crippen LogP contribution in [0.5, 0.6) is 5.75 Å². The first-order chi connectivity index (χ1) is 15.7. The molecule has 33 heavy (non-hydrogen) atoms. The number of nitrogens with zero attached hydrogens (tertiary/aromatic N) is 2. The standard InChI is InChI=1S/C19H23BN4O9/c1-2-23-6-7-24(17(28)16(23)27)19(31)21-12(9-25)15(26)22-13-8-10-4-3-5-11(18(29)30)14(10)33-20(13)32/h3-5,12-13,25,32H,2,6-9H2,1H3,(H,21,31)(H,22,26)(H,29,30)/t12-,13-/m0/s1. The summed E-state index contributed by atoms with van der Waals surface area (Å²) in [6.45, 7) is 1.26. The lowest BCUT2D eigenvalue weighted by atomic mass is 9.72. The van der Waals surface area contributed by atoms with Crippen molar-refractivity contribution in [2.45, 2.75) is 25.3 Å². The molecule has 0 aliphatic carbocycles. The minimum Gasteiger partial charge on any atom is -0.534 e. The van der Waals surface area contributed by atoms with Crippen LogP contribution in [0.25, 0.3) is 0 Å². The number of carboxylic acid groups (broad SMARTS) is 1. The third-order valence-corrected chi connectivity index (χ3v) is 5.41.